The molecule has 6 heteroatoms. The van der Waals surface area contributed by atoms with Gasteiger partial charge in [-0.15, -0.1) is 0 Å². The summed E-state index contributed by atoms with van der Waals surface area (Å²) < 4.78 is 28.5. The molecule has 2 aliphatic rings. The van der Waals surface area contributed by atoms with Crippen LogP contribution in [0.2, 0.25) is 0 Å². The first-order valence-corrected chi connectivity index (χ1v) is 6.49. The Labute approximate surface area is 84.8 Å². The monoisotopic (exact) mass is 219 g/mol. The van der Waals surface area contributed by atoms with Crippen molar-refractivity contribution >= 4 is 10.2 Å². The molecule has 1 heterocycles. The van der Waals surface area contributed by atoms with Gasteiger partial charge in [-0.05, 0) is 32.7 Å². The first kappa shape index (κ1) is 10.4. The van der Waals surface area contributed by atoms with E-state index in [4.69, 9.17) is 0 Å². The summed E-state index contributed by atoms with van der Waals surface area (Å²) in [5, 5.41) is 3.15. The zero-order valence-corrected chi connectivity index (χ0v) is 9.15. The molecule has 5 nitrogen and oxygen atoms in total. The van der Waals surface area contributed by atoms with Gasteiger partial charge >= 0.3 is 0 Å². The number of nitrogens with one attached hydrogen (secondary N) is 3. The van der Waals surface area contributed by atoms with Gasteiger partial charge in [0.1, 0.15) is 0 Å². The summed E-state index contributed by atoms with van der Waals surface area (Å²) in [6.45, 7) is 3.51. The van der Waals surface area contributed by atoms with Gasteiger partial charge in [-0.2, -0.15) is 17.9 Å². The second kappa shape index (κ2) is 3.44. The highest BCUT2D eigenvalue weighted by Crippen LogP contribution is 2.20. The fraction of sp³-hybridized carbons (Fsp3) is 1.00. The third-order valence-corrected chi connectivity index (χ3v) is 4.05. The molecule has 1 aliphatic heterocycles. The number of hydrogen-bond donors (Lipinski definition) is 3. The summed E-state index contributed by atoms with van der Waals surface area (Å²) in [6.07, 6.45) is 2.78. The number of rotatable bonds is 4. The third kappa shape index (κ3) is 2.66. The van der Waals surface area contributed by atoms with E-state index in [1.165, 1.54) is 0 Å². The smallest absolute Gasteiger partial charge is 0.277 e. The third-order valence-electron chi connectivity index (χ3n) is 2.65. The quantitative estimate of drug-likeness (QED) is 0.587. The molecule has 0 aromatic rings. The molecule has 82 valence electrons. The predicted molar refractivity (Wildman–Crippen MR) is 54.1 cm³/mol. The lowest BCUT2D eigenvalue weighted by molar-refractivity contribution is 0.446. The largest absolute Gasteiger partial charge is 0.315 e. The average Bonchev–Trinajstić information content (AvgIpc) is 2.72. The molecule has 1 saturated carbocycles. The van der Waals surface area contributed by atoms with Crippen LogP contribution in [0.1, 0.15) is 26.2 Å². The van der Waals surface area contributed by atoms with Crippen LogP contribution in [-0.2, 0) is 10.2 Å². The van der Waals surface area contributed by atoms with Crippen molar-refractivity contribution in [3.63, 3.8) is 0 Å². The standard InChI is InChI=1S/C8H17N3O2S/c1-8(4-5-9-6-8)11-14(12,13)10-7-2-3-7/h7,9-11H,2-6H2,1H3. The summed E-state index contributed by atoms with van der Waals surface area (Å²) in [6, 6.07) is 0.172. The highest BCUT2D eigenvalue weighted by molar-refractivity contribution is 7.87. The molecule has 0 amide bonds. The Morgan fingerprint density at radius 3 is 2.64 bits per heavy atom. The molecule has 0 aromatic heterocycles. The molecule has 14 heavy (non-hydrogen) atoms. The molecule has 1 aliphatic carbocycles. The van der Waals surface area contributed by atoms with Gasteiger partial charge in [0.15, 0.2) is 0 Å². The van der Waals surface area contributed by atoms with Crippen LogP contribution in [0, 0.1) is 0 Å². The molecule has 0 spiro atoms. The van der Waals surface area contributed by atoms with Crippen molar-refractivity contribution in [2.24, 2.45) is 0 Å². The highest BCUT2D eigenvalue weighted by Gasteiger charge is 2.35. The maximum Gasteiger partial charge on any atom is 0.277 e. The molecule has 1 unspecified atom stereocenters. The minimum Gasteiger partial charge on any atom is -0.315 e. The fourth-order valence-corrected chi connectivity index (χ4v) is 3.23. The first-order valence-electron chi connectivity index (χ1n) is 5.01. The highest BCUT2D eigenvalue weighted by atomic mass is 32.2. The zero-order chi connectivity index (χ0) is 10.2. The van der Waals surface area contributed by atoms with E-state index in [-0.39, 0.29) is 11.6 Å². The average molecular weight is 219 g/mol. The molecule has 3 N–H and O–H groups in total. The van der Waals surface area contributed by atoms with E-state index in [1.54, 1.807) is 0 Å². The van der Waals surface area contributed by atoms with Gasteiger partial charge in [-0.1, -0.05) is 0 Å². The predicted octanol–water partition coefficient (Wildman–Crippen LogP) is -0.675. The molecular weight excluding hydrogens is 202 g/mol. The van der Waals surface area contributed by atoms with Crippen LogP contribution < -0.4 is 14.8 Å². The molecular formula is C8H17N3O2S. The van der Waals surface area contributed by atoms with Crippen LogP contribution in [0.3, 0.4) is 0 Å². The molecule has 2 rings (SSSR count). The van der Waals surface area contributed by atoms with E-state index >= 15 is 0 Å². The Kier molecular flexibility index (Phi) is 2.55. The maximum atomic E-state index is 11.6. The lowest BCUT2D eigenvalue weighted by atomic mass is 10.0. The van der Waals surface area contributed by atoms with E-state index in [1.807, 2.05) is 6.92 Å². The minimum atomic E-state index is -3.30. The fourth-order valence-electron chi connectivity index (χ4n) is 1.68. The molecule has 2 fully saturated rings. The first-order chi connectivity index (χ1) is 6.49. The number of hydrogen-bond acceptors (Lipinski definition) is 3. The Bertz CT molecular complexity index is 305. The van der Waals surface area contributed by atoms with Crippen molar-refractivity contribution in [3.05, 3.63) is 0 Å². The van der Waals surface area contributed by atoms with E-state index in [9.17, 15) is 8.42 Å². The zero-order valence-electron chi connectivity index (χ0n) is 8.34. The van der Waals surface area contributed by atoms with Crippen molar-refractivity contribution in [3.8, 4) is 0 Å². The summed E-state index contributed by atoms with van der Waals surface area (Å²) >= 11 is 0. The Morgan fingerprint density at radius 1 is 1.43 bits per heavy atom. The van der Waals surface area contributed by atoms with Gasteiger partial charge in [0, 0.05) is 18.1 Å². The second-order valence-corrected chi connectivity index (χ2v) is 5.93. The molecule has 0 bridgehead atoms. The van der Waals surface area contributed by atoms with E-state index < -0.39 is 10.2 Å². The van der Waals surface area contributed by atoms with Crippen LogP contribution in [0.4, 0.5) is 0 Å². The molecule has 1 saturated heterocycles. The second-order valence-electron chi connectivity index (χ2n) is 4.49. The summed E-state index contributed by atoms with van der Waals surface area (Å²) in [5.41, 5.74) is -0.319. The molecule has 0 aromatic carbocycles. The lowest BCUT2D eigenvalue weighted by Crippen LogP contribution is -2.52. The molecule has 0 radical (unpaired) electrons. The Balaban J connectivity index is 1.93. The van der Waals surface area contributed by atoms with Crippen molar-refractivity contribution in [2.45, 2.75) is 37.8 Å². The van der Waals surface area contributed by atoms with Gasteiger partial charge < -0.3 is 5.32 Å². The molecule has 1 atom stereocenters. The van der Waals surface area contributed by atoms with Gasteiger partial charge in [-0.3, -0.25) is 0 Å². The van der Waals surface area contributed by atoms with Crippen LogP contribution in [0.15, 0.2) is 0 Å². The normalized spacial score (nSPS) is 33.5. The Hall–Kier alpha value is -0.170. The SMILES string of the molecule is CC1(NS(=O)(=O)NC2CC2)CCNC1. The van der Waals surface area contributed by atoms with Crippen LogP contribution in [0.5, 0.6) is 0 Å². The van der Waals surface area contributed by atoms with E-state index in [0.717, 1.165) is 25.8 Å². The van der Waals surface area contributed by atoms with Crippen LogP contribution in [-0.4, -0.2) is 33.1 Å². The maximum absolute atomic E-state index is 11.6. The summed E-state index contributed by atoms with van der Waals surface area (Å²) in [7, 11) is -3.30. The van der Waals surface area contributed by atoms with Gasteiger partial charge in [0.2, 0.25) is 0 Å². The Morgan fingerprint density at radius 2 is 2.14 bits per heavy atom. The van der Waals surface area contributed by atoms with Crippen molar-refractivity contribution < 1.29 is 8.42 Å². The minimum absolute atomic E-state index is 0.172. The van der Waals surface area contributed by atoms with E-state index in [2.05, 4.69) is 14.8 Å². The lowest BCUT2D eigenvalue weighted by Gasteiger charge is -2.24. The van der Waals surface area contributed by atoms with Gasteiger partial charge in [-0.25, -0.2) is 0 Å². The van der Waals surface area contributed by atoms with Gasteiger partial charge in [0.25, 0.3) is 10.2 Å². The van der Waals surface area contributed by atoms with E-state index in [0.29, 0.717) is 6.54 Å². The van der Waals surface area contributed by atoms with Crippen LogP contribution in [0.25, 0.3) is 0 Å². The van der Waals surface area contributed by atoms with Crippen molar-refractivity contribution in [1.29, 1.82) is 0 Å². The summed E-state index contributed by atoms with van der Waals surface area (Å²) in [4.78, 5) is 0. The van der Waals surface area contributed by atoms with Crippen LogP contribution >= 0.6 is 0 Å². The summed E-state index contributed by atoms with van der Waals surface area (Å²) in [5.74, 6) is 0. The van der Waals surface area contributed by atoms with Crippen molar-refractivity contribution in [1.82, 2.24) is 14.8 Å². The topological polar surface area (TPSA) is 70.2 Å². The van der Waals surface area contributed by atoms with Crippen molar-refractivity contribution in [2.75, 3.05) is 13.1 Å². The van der Waals surface area contributed by atoms with Gasteiger partial charge in [0.05, 0.1) is 0 Å².